The maximum atomic E-state index is 12.5. The molecule has 1 aliphatic rings. The summed E-state index contributed by atoms with van der Waals surface area (Å²) in [6.07, 6.45) is 3.63. The van der Waals surface area contributed by atoms with E-state index in [0.717, 1.165) is 49.4 Å². The van der Waals surface area contributed by atoms with E-state index in [1.165, 1.54) is 0 Å². The van der Waals surface area contributed by atoms with Gasteiger partial charge in [0.15, 0.2) is 0 Å². The van der Waals surface area contributed by atoms with E-state index >= 15 is 0 Å². The van der Waals surface area contributed by atoms with Crippen LogP contribution in [0.5, 0.6) is 0 Å². The first kappa shape index (κ1) is 18.2. The summed E-state index contributed by atoms with van der Waals surface area (Å²) in [4.78, 5) is 14.8. The summed E-state index contributed by atoms with van der Waals surface area (Å²) in [6, 6.07) is 7.91. The van der Waals surface area contributed by atoms with Gasteiger partial charge in [0, 0.05) is 11.6 Å². The van der Waals surface area contributed by atoms with E-state index in [1.807, 2.05) is 24.3 Å². The van der Waals surface area contributed by atoms with Crippen LogP contribution in [0.15, 0.2) is 24.3 Å². The number of nitrogens with one attached hydrogen (secondary N) is 1. The number of nitrogens with zero attached hydrogens (tertiary/aromatic N) is 1. The number of hydrogen-bond donors (Lipinski definition) is 2. The minimum Gasteiger partial charge on any atom is -0.353 e. The first-order chi connectivity index (χ1) is 11.0. The third-order valence-electron chi connectivity index (χ3n) is 4.92. The Hall–Kier alpha value is -1.10. The molecule has 1 atom stereocenters. The molecular weight excluding hydrogens is 310 g/mol. The number of carbonyl (C=O) groups excluding carboxylic acids is 1. The number of nitrogens with two attached hydrogens (primary N) is 1. The maximum Gasteiger partial charge on any atom is 0.240 e. The van der Waals surface area contributed by atoms with Gasteiger partial charge in [-0.05, 0) is 37.6 Å². The van der Waals surface area contributed by atoms with Gasteiger partial charge in [-0.25, -0.2) is 0 Å². The fourth-order valence-corrected chi connectivity index (χ4v) is 3.71. The van der Waals surface area contributed by atoms with E-state index in [-0.39, 0.29) is 11.9 Å². The molecule has 1 amide bonds. The number of benzene rings is 1. The molecule has 3 N–H and O–H groups in total. The highest BCUT2D eigenvalue weighted by atomic mass is 35.5. The van der Waals surface area contributed by atoms with Gasteiger partial charge in [0.25, 0.3) is 0 Å². The second kappa shape index (κ2) is 8.13. The standard InChI is InChI=1S/C18H28ClN3O/c1-3-22(4-2)16(14-9-5-6-10-15(14)19)13-21-17(23)18(20)11-7-8-12-18/h5-6,9-10,16H,3-4,7-8,11-13,20H2,1-2H3,(H,21,23). The number of likely N-dealkylation sites (N-methyl/N-ethyl adjacent to an activating group) is 1. The van der Waals surface area contributed by atoms with Crippen LogP contribution in [-0.4, -0.2) is 36.0 Å². The lowest BCUT2D eigenvalue weighted by molar-refractivity contribution is -0.126. The zero-order chi connectivity index (χ0) is 16.9. The van der Waals surface area contributed by atoms with Gasteiger partial charge in [0.2, 0.25) is 5.91 Å². The average Bonchev–Trinajstić information content (AvgIpc) is 3.00. The van der Waals surface area contributed by atoms with Gasteiger partial charge in [-0.2, -0.15) is 0 Å². The Labute approximate surface area is 144 Å². The van der Waals surface area contributed by atoms with Gasteiger partial charge in [0.1, 0.15) is 0 Å². The molecule has 2 rings (SSSR count). The normalized spacial score (nSPS) is 18.1. The Morgan fingerprint density at radius 1 is 1.30 bits per heavy atom. The summed E-state index contributed by atoms with van der Waals surface area (Å²) in [5.74, 6) is -0.0285. The van der Waals surface area contributed by atoms with Crippen LogP contribution in [0.2, 0.25) is 5.02 Å². The van der Waals surface area contributed by atoms with Crippen LogP contribution in [0.3, 0.4) is 0 Å². The molecule has 0 aromatic heterocycles. The maximum absolute atomic E-state index is 12.5. The predicted molar refractivity (Wildman–Crippen MR) is 95.5 cm³/mol. The van der Waals surface area contributed by atoms with Crippen LogP contribution in [0.1, 0.15) is 51.1 Å². The lowest BCUT2D eigenvalue weighted by Gasteiger charge is -2.32. The van der Waals surface area contributed by atoms with Gasteiger partial charge in [-0.15, -0.1) is 0 Å². The molecule has 1 aliphatic carbocycles. The van der Waals surface area contributed by atoms with E-state index in [2.05, 4.69) is 24.1 Å². The van der Waals surface area contributed by atoms with Crippen LogP contribution in [-0.2, 0) is 4.79 Å². The second-order valence-corrected chi connectivity index (χ2v) is 6.74. The fourth-order valence-electron chi connectivity index (χ4n) is 3.44. The Balaban J connectivity index is 2.12. The highest BCUT2D eigenvalue weighted by Gasteiger charge is 2.37. The number of hydrogen-bond acceptors (Lipinski definition) is 3. The molecule has 0 radical (unpaired) electrons. The number of halogens is 1. The largest absolute Gasteiger partial charge is 0.353 e. The van der Waals surface area contributed by atoms with Crippen molar-refractivity contribution in [2.24, 2.45) is 5.73 Å². The monoisotopic (exact) mass is 337 g/mol. The van der Waals surface area contributed by atoms with Crippen molar-refractivity contribution in [3.63, 3.8) is 0 Å². The lowest BCUT2D eigenvalue weighted by Crippen LogP contribution is -2.53. The number of carbonyl (C=O) groups is 1. The quantitative estimate of drug-likeness (QED) is 0.803. The summed E-state index contributed by atoms with van der Waals surface area (Å²) in [5, 5.41) is 3.81. The molecule has 0 spiro atoms. The molecule has 1 aromatic carbocycles. The van der Waals surface area contributed by atoms with Crippen molar-refractivity contribution in [2.75, 3.05) is 19.6 Å². The smallest absolute Gasteiger partial charge is 0.240 e. The molecule has 1 saturated carbocycles. The molecule has 128 valence electrons. The molecule has 1 unspecified atom stereocenters. The van der Waals surface area contributed by atoms with E-state index in [9.17, 15) is 4.79 Å². The molecule has 1 fully saturated rings. The van der Waals surface area contributed by atoms with Gasteiger partial charge >= 0.3 is 0 Å². The first-order valence-corrected chi connectivity index (χ1v) is 8.95. The molecular formula is C18H28ClN3O. The molecule has 4 nitrogen and oxygen atoms in total. The minimum absolute atomic E-state index is 0.0285. The zero-order valence-electron chi connectivity index (χ0n) is 14.1. The molecule has 1 aromatic rings. The van der Waals surface area contributed by atoms with Crippen LogP contribution in [0.25, 0.3) is 0 Å². The minimum atomic E-state index is -0.686. The summed E-state index contributed by atoms with van der Waals surface area (Å²) in [5.41, 5.74) is 6.61. The van der Waals surface area contributed by atoms with Crippen LogP contribution in [0, 0.1) is 0 Å². The van der Waals surface area contributed by atoms with Crippen LogP contribution >= 0.6 is 11.6 Å². The van der Waals surface area contributed by atoms with E-state index in [4.69, 9.17) is 17.3 Å². The van der Waals surface area contributed by atoms with Crippen molar-refractivity contribution in [1.82, 2.24) is 10.2 Å². The third kappa shape index (κ3) is 4.25. The summed E-state index contributed by atoms with van der Waals surface area (Å²) >= 11 is 6.38. The average molecular weight is 338 g/mol. The van der Waals surface area contributed by atoms with Crippen LogP contribution < -0.4 is 11.1 Å². The Bertz CT molecular complexity index is 525. The first-order valence-electron chi connectivity index (χ1n) is 8.57. The second-order valence-electron chi connectivity index (χ2n) is 6.33. The van der Waals surface area contributed by atoms with Gasteiger partial charge in [-0.3, -0.25) is 9.69 Å². The zero-order valence-corrected chi connectivity index (χ0v) is 14.9. The predicted octanol–water partition coefficient (Wildman–Crippen LogP) is 3.11. The third-order valence-corrected chi connectivity index (χ3v) is 5.27. The van der Waals surface area contributed by atoms with Crippen molar-refractivity contribution < 1.29 is 4.79 Å². The topological polar surface area (TPSA) is 58.4 Å². The molecule has 23 heavy (non-hydrogen) atoms. The van der Waals surface area contributed by atoms with Gasteiger partial charge < -0.3 is 11.1 Å². The summed E-state index contributed by atoms with van der Waals surface area (Å²) in [6.45, 7) is 6.57. The number of amides is 1. The Morgan fingerprint density at radius 3 is 2.48 bits per heavy atom. The van der Waals surface area contributed by atoms with E-state index in [1.54, 1.807) is 0 Å². The van der Waals surface area contributed by atoms with Crippen LogP contribution in [0.4, 0.5) is 0 Å². The van der Waals surface area contributed by atoms with E-state index in [0.29, 0.717) is 6.54 Å². The highest BCUT2D eigenvalue weighted by Crippen LogP contribution is 2.29. The molecule has 0 heterocycles. The Kier molecular flexibility index (Phi) is 6.45. The van der Waals surface area contributed by atoms with Gasteiger partial charge in [-0.1, -0.05) is 56.5 Å². The molecule has 0 bridgehead atoms. The van der Waals surface area contributed by atoms with Crippen molar-refractivity contribution in [1.29, 1.82) is 0 Å². The van der Waals surface area contributed by atoms with E-state index < -0.39 is 5.54 Å². The van der Waals surface area contributed by atoms with Crippen molar-refractivity contribution in [2.45, 2.75) is 51.1 Å². The molecule has 0 aliphatic heterocycles. The highest BCUT2D eigenvalue weighted by molar-refractivity contribution is 6.31. The van der Waals surface area contributed by atoms with Crippen molar-refractivity contribution in [3.8, 4) is 0 Å². The molecule has 5 heteroatoms. The summed E-state index contributed by atoms with van der Waals surface area (Å²) < 4.78 is 0. The van der Waals surface area contributed by atoms with Gasteiger partial charge in [0.05, 0.1) is 11.6 Å². The SMILES string of the molecule is CCN(CC)C(CNC(=O)C1(N)CCCC1)c1ccccc1Cl. The van der Waals surface area contributed by atoms with Crippen molar-refractivity contribution in [3.05, 3.63) is 34.9 Å². The lowest BCUT2D eigenvalue weighted by atomic mass is 9.97. The number of rotatable bonds is 7. The molecule has 0 saturated heterocycles. The summed E-state index contributed by atoms with van der Waals surface area (Å²) in [7, 11) is 0. The Morgan fingerprint density at radius 2 is 1.91 bits per heavy atom. The van der Waals surface area contributed by atoms with Crippen molar-refractivity contribution >= 4 is 17.5 Å². The fraction of sp³-hybridized carbons (Fsp3) is 0.611.